The second-order valence-corrected chi connectivity index (χ2v) is 4.87. The molecule has 1 aromatic carbocycles. The predicted octanol–water partition coefficient (Wildman–Crippen LogP) is 1.92. The highest BCUT2D eigenvalue weighted by atomic mass is 32.2. The Morgan fingerprint density at radius 3 is 2.38 bits per heavy atom. The van der Waals surface area contributed by atoms with Gasteiger partial charge in [0.2, 0.25) is 5.91 Å². The minimum atomic E-state index is -0.442. The fourth-order valence-electron chi connectivity index (χ4n) is 1.12. The van der Waals surface area contributed by atoms with Gasteiger partial charge in [0.15, 0.2) is 0 Å². The standard InChI is InChI=1S/C12H17NO2S/c1-9(14)10-4-6-11(7-5-10)16-8-12(15)13(2)3/h4-7,9,14H,8H2,1-3H3. The number of rotatable bonds is 4. The van der Waals surface area contributed by atoms with E-state index in [1.165, 1.54) is 11.8 Å². The van der Waals surface area contributed by atoms with E-state index in [0.717, 1.165) is 10.5 Å². The third-order valence-electron chi connectivity index (χ3n) is 2.22. The van der Waals surface area contributed by atoms with Crippen LogP contribution in [0.4, 0.5) is 0 Å². The number of nitrogens with zero attached hydrogens (tertiary/aromatic N) is 1. The van der Waals surface area contributed by atoms with Crippen molar-refractivity contribution in [3.05, 3.63) is 29.8 Å². The highest BCUT2D eigenvalue weighted by molar-refractivity contribution is 8.00. The molecule has 0 bridgehead atoms. The first-order valence-corrected chi connectivity index (χ1v) is 6.10. The quantitative estimate of drug-likeness (QED) is 0.816. The van der Waals surface area contributed by atoms with Crippen LogP contribution in [-0.4, -0.2) is 35.8 Å². The van der Waals surface area contributed by atoms with Gasteiger partial charge in [-0.1, -0.05) is 12.1 Å². The molecule has 0 saturated heterocycles. The van der Waals surface area contributed by atoms with E-state index in [1.54, 1.807) is 25.9 Å². The molecular formula is C12H17NO2S. The first kappa shape index (κ1) is 13.1. The summed E-state index contributed by atoms with van der Waals surface area (Å²) in [5.41, 5.74) is 0.892. The molecule has 3 nitrogen and oxygen atoms in total. The van der Waals surface area contributed by atoms with Crippen molar-refractivity contribution in [3.8, 4) is 0 Å². The fourth-order valence-corrected chi connectivity index (χ4v) is 1.99. The smallest absolute Gasteiger partial charge is 0.232 e. The molecule has 88 valence electrons. The summed E-state index contributed by atoms with van der Waals surface area (Å²) >= 11 is 1.50. The van der Waals surface area contributed by atoms with Gasteiger partial charge in [-0.05, 0) is 24.6 Å². The monoisotopic (exact) mass is 239 g/mol. The molecule has 0 aliphatic carbocycles. The zero-order chi connectivity index (χ0) is 12.1. The number of thioether (sulfide) groups is 1. The minimum Gasteiger partial charge on any atom is -0.389 e. The van der Waals surface area contributed by atoms with Crippen molar-refractivity contribution < 1.29 is 9.90 Å². The van der Waals surface area contributed by atoms with Crippen LogP contribution in [0.15, 0.2) is 29.2 Å². The first-order chi connectivity index (χ1) is 7.50. The van der Waals surface area contributed by atoms with Crippen LogP contribution in [0.5, 0.6) is 0 Å². The predicted molar refractivity (Wildman–Crippen MR) is 66.5 cm³/mol. The lowest BCUT2D eigenvalue weighted by molar-refractivity contribution is -0.125. The van der Waals surface area contributed by atoms with Crippen molar-refractivity contribution >= 4 is 17.7 Å². The van der Waals surface area contributed by atoms with Crippen LogP contribution in [-0.2, 0) is 4.79 Å². The topological polar surface area (TPSA) is 40.5 Å². The molecule has 0 fully saturated rings. The Morgan fingerprint density at radius 2 is 1.94 bits per heavy atom. The largest absolute Gasteiger partial charge is 0.389 e. The normalized spacial score (nSPS) is 12.2. The average Bonchev–Trinajstić information content (AvgIpc) is 2.26. The number of aliphatic hydroxyl groups is 1. The Labute approximate surface area is 100 Å². The molecule has 0 aromatic heterocycles. The van der Waals surface area contributed by atoms with E-state index in [9.17, 15) is 9.90 Å². The van der Waals surface area contributed by atoms with Crippen molar-refractivity contribution in [3.63, 3.8) is 0 Å². The van der Waals surface area contributed by atoms with Crippen molar-refractivity contribution in [2.75, 3.05) is 19.8 Å². The summed E-state index contributed by atoms with van der Waals surface area (Å²) in [5.74, 6) is 0.547. The van der Waals surface area contributed by atoms with Gasteiger partial charge in [-0.15, -0.1) is 11.8 Å². The van der Waals surface area contributed by atoms with Crippen LogP contribution in [0.3, 0.4) is 0 Å². The molecule has 0 saturated carbocycles. The molecule has 1 atom stereocenters. The summed E-state index contributed by atoms with van der Waals surface area (Å²) in [6.45, 7) is 1.73. The molecule has 0 aliphatic rings. The number of hydrogen-bond donors (Lipinski definition) is 1. The Balaban J connectivity index is 2.53. The van der Waals surface area contributed by atoms with Crippen LogP contribution in [0.2, 0.25) is 0 Å². The summed E-state index contributed by atoms with van der Waals surface area (Å²) < 4.78 is 0. The molecule has 1 unspecified atom stereocenters. The van der Waals surface area contributed by atoms with Crippen molar-refractivity contribution in [2.24, 2.45) is 0 Å². The second-order valence-electron chi connectivity index (χ2n) is 3.82. The third-order valence-corrected chi connectivity index (χ3v) is 3.22. The van der Waals surface area contributed by atoms with Crippen molar-refractivity contribution in [1.82, 2.24) is 4.90 Å². The van der Waals surface area contributed by atoms with E-state index in [0.29, 0.717) is 5.75 Å². The lowest BCUT2D eigenvalue weighted by Gasteiger charge is -2.10. The van der Waals surface area contributed by atoms with E-state index in [1.807, 2.05) is 24.3 Å². The fraction of sp³-hybridized carbons (Fsp3) is 0.417. The van der Waals surface area contributed by atoms with Crippen molar-refractivity contribution in [2.45, 2.75) is 17.9 Å². The maximum Gasteiger partial charge on any atom is 0.232 e. The van der Waals surface area contributed by atoms with Gasteiger partial charge in [-0.2, -0.15) is 0 Å². The van der Waals surface area contributed by atoms with Crippen molar-refractivity contribution in [1.29, 1.82) is 0 Å². The van der Waals surface area contributed by atoms with E-state index in [-0.39, 0.29) is 5.91 Å². The van der Waals surface area contributed by atoms with E-state index >= 15 is 0 Å². The van der Waals surface area contributed by atoms with Gasteiger partial charge in [0.05, 0.1) is 11.9 Å². The van der Waals surface area contributed by atoms with Crippen LogP contribution in [0.1, 0.15) is 18.6 Å². The van der Waals surface area contributed by atoms with Gasteiger partial charge >= 0.3 is 0 Å². The SMILES string of the molecule is CC(O)c1ccc(SCC(=O)N(C)C)cc1. The number of carbonyl (C=O) groups excluding carboxylic acids is 1. The molecule has 16 heavy (non-hydrogen) atoms. The summed E-state index contributed by atoms with van der Waals surface area (Å²) in [5, 5.41) is 9.34. The Hall–Kier alpha value is -1.00. The van der Waals surface area contributed by atoms with Gasteiger partial charge in [0.1, 0.15) is 0 Å². The summed E-state index contributed by atoms with van der Waals surface area (Å²) in [6.07, 6.45) is -0.442. The number of benzene rings is 1. The molecule has 0 heterocycles. The lowest BCUT2D eigenvalue weighted by atomic mass is 10.1. The molecule has 0 radical (unpaired) electrons. The van der Waals surface area contributed by atoms with Crippen LogP contribution in [0, 0.1) is 0 Å². The van der Waals surface area contributed by atoms with Gasteiger partial charge in [-0.25, -0.2) is 0 Å². The minimum absolute atomic E-state index is 0.101. The summed E-state index contributed by atoms with van der Waals surface area (Å²) in [6, 6.07) is 7.62. The molecule has 0 spiro atoms. The average molecular weight is 239 g/mol. The van der Waals surface area contributed by atoms with Gasteiger partial charge < -0.3 is 10.0 Å². The summed E-state index contributed by atoms with van der Waals surface area (Å²) in [4.78, 5) is 14.0. The van der Waals surface area contributed by atoms with Gasteiger partial charge in [-0.3, -0.25) is 4.79 Å². The van der Waals surface area contributed by atoms with Crippen LogP contribution >= 0.6 is 11.8 Å². The Morgan fingerprint density at radius 1 is 1.38 bits per heavy atom. The number of amides is 1. The van der Waals surface area contributed by atoms with Gasteiger partial charge in [0.25, 0.3) is 0 Å². The lowest BCUT2D eigenvalue weighted by Crippen LogP contribution is -2.23. The summed E-state index contributed by atoms with van der Waals surface area (Å²) in [7, 11) is 3.50. The maximum atomic E-state index is 11.4. The maximum absolute atomic E-state index is 11.4. The second kappa shape index (κ2) is 5.92. The molecule has 0 aliphatic heterocycles. The number of aliphatic hydroxyl groups excluding tert-OH is 1. The Bertz CT molecular complexity index is 347. The molecule has 1 aromatic rings. The van der Waals surface area contributed by atoms with Crippen LogP contribution < -0.4 is 0 Å². The number of carbonyl (C=O) groups is 1. The first-order valence-electron chi connectivity index (χ1n) is 5.11. The van der Waals surface area contributed by atoms with Crippen LogP contribution in [0.25, 0.3) is 0 Å². The van der Waals surface area contributed by atoms with E-state index in [4.69, 9.17) is 0 Å². The Kier molecular flexibility index (Phi) is 4.83. The highest BCUT2D eigenvalue weighted by Gasteiger charge is 2.05. The number of hydrogen-bond acceptors (Lipinski definition) is 3. The molecular weight excluding hydrogens is 222 g/mol. The van der Waals surface area contributed by atoms with Gasteiger partial charge in [0, 0.05) is 19.0 Å². The molecule has 4 heteroatoms. The van der Waals surface area contributed by atoms with E-state index < -0.39 is 6.10 Å². The van der Waals surface area contributed by atoms with E-state index in [2.05, 4.69) is 0 Å². The zero-order valence-electron chi connectivity index (χ0n) is 9.80. The highest BCUT2D eigenvalue weighted by Crippen LogP contribution is 2.21. The molecule has 1 amide bonds. The third kappa shape index (κ3) is 3.87. The molecule has 1 N–H and O–H groups in total. The molecule has 1 rings (SSSR count). The zero-order valence-corrected chi connectivity index (χ0v) is 10.6.